The molecule has 57 heavy (non-hydrogen) atoms. The van der Waals surface area contributed by atoms with Crippen molar-refractivity contribution in [3.8, 4) is 28.7 Å². The molecule has 0 bridgehead atoms. The Morgan fingerprint density at radius 3 is 2.21 bits per heavy atom. The molecule has 0 spiro atoms. The molecule has 9 aromatic rings. The molecule has 5 heterocycles. The number of pyridine rings is 1. The largest absolute Gasteiger partial charge is 0.510 e. The van der Waals surface area contributed by atoms with E-state index in [-0.39, 0.29) is 31.9 Å². The summed E-state index contributed by atoms with van der Waals surface area (Å²) < 4.78 is 15.6. The SMILES string of the molecule is CC(C)(C)c1cccc(C(C)(C)C)c1-[n+]1[c-]n(-c2[c-]c(Oc3[c-]c4c(cc3)c3ccccc3n4-c3nccc4nc5n(c34)CCCC5)ccc2)c2ccccc21.[Pt]. The predicted octanol–water partition coefficient (Wildman–Crippen LogP) is 10.9. The predicted molar refractivity (Wildman–Crippen MR) is 224 cm³/mol. The van der Waals surface area contributed by atoms with Crippen molar-refractivity contribution >= 4 is 43.9 Å². The van der Waals surface area contributed by atoms with Gasteiger partial charge in [-0.2, -0.15) is 18.2 Å². The third kappa shape index (κ3) is 6.19. The first-order valence-corrected chi connectivity index (χ1v) is 19.6. The number of aryl methyl sites for hydroxylation is 2. The molecule has 0 saturated carbocycles. The van der Waals surface area contributed by atoms with Crippen LogP contribution in [0.2, 0.25) is 0 Å². The summed E-state index contributed by atoms with van der Waals surface area (Å²) in [5.74, 6) is 3.19. The topological polar surface area (TPSA) is 53.7 Å². The molecule has 5 aromatic carbocycles. The van der Waals surface area contributed by atoms with Gasteiger partial charge in [-0.05, 0) is 58.0 Å². The second-order valence-electron chi connectivity index (χ2n) is 17.0. The first-order chi connectivity index (χ1) is 27.0. The first-order valence-electron chi connectivity index (χ1n) is 19.6. The van der Waals surface area contributed by atoms with Crippen molar-refractivity contribution in [3.63, 3.8) is 0 Å². The number of aromatic nitrogens is 6. The Morgan fingerprint density at radius 2 is 1.42 bits per heavy atom. The molecule has 0 fully saturated rings. The molecule has 0 saturated heterocycles. The van der Waals surface area contributed by atoms with Crippen LogP contribution >= 0.6 is 0 Å². The molecule has 1 aliphatic rings. The average molecular weight is 928 g/mol. The van der Waals surface area contributed by atoms with Crippen molar-refractivity contribution in [3.05, 3.63) is 145 Å². The summed E-state index contributed by atoms with van der Waals surface area (Å²) in [5.41, 5.74) is 10.5. The monoisotopic (exact) mass is 927 g/mol. The molecule has 0 unspecified atom stereocenters. The minimum atomic E-state index is -0.0787. The number of rotatable bonds is 5. The normalized spacial score (nSPS) is 13.4. The fourth-order valence-electron chi connectivity index (χ4n) is 8.56. The van der Waals surface area contributed by atoms with Crippen molar-refractivity contribution in [1.29, 1.82) is 0 Å². The van der Waals surface area contributed by atoms with Crippen molar-refractivity contribution in [1.82, 2.24) is 23.7 Å². The summed E-state index contributed by atoms with van der Waals surface area (Å²) in [5, 5.41) is 2.23. The minimum Gasteiger partial charge on any atom is -0.510 e. The summed E-state index contributed by atoms with van der Waals surface area (Å²) in [6.45, 7) is 14.6. The fourth-order valence-corrected chi connectivity index (χ4v) is 8.56. The Balaban J connectivity index is 0.00000422. The van der Waals surface area contributed by atoms with E-state index in [2.05, 4.69) is 157 Å². The maximum atomic E-state index is 6.63. The number of imidazole rings is 2. The van der Waals surface area contributed by atoms with Crippen LogP contribution in [0, 0.1) is 18.5 Å². The van der Waals surface area contributed by atoms with E-state index in [1.807, 2.05) is 30.5 Å². The van der Waals surface area contributed by atoms with E-state index in [9.17, 15) is 0 Å². The zero-order valence-electron chi connectivity index (χ0n) is 33.1. The average Bonchev–Trinajstić information content (AvgIpc) is 3.87. The Labute approximate surface area is 347 Å². The molecular weight excluding hydrogens is 884 g/mol. The van der Waals surface area contributed by atoms with Crippen LogP contribution in [0.25, 0.3) is 61.1 Å². The second-order valence-corrected chi connectivity index (χ2v) is 17.0. The van der Waals surface area contributed by atoms with Crippen molar-refractivity contribution < 1.29 is 30.4 Å². The smallest absolute Gasteiger partial charge is 0.268 e. The second kappa shape index (κ2) is 13.8. The van der Waals surface area contributed by atoms with Crippen molar-refractivity contribution in [2.75, 3.05) is 0 Å². The van der Waals surface area contributed by atoms with Gasteiger partial charge in [-0.3, -0.25) is 4.57 Å². The number of hydrogen-bond acceptors (Lipinski definition) is 3. The van der Waals surface area contributed by atoms with Gasteiger partial charge in [0.05, 0.1) is 22.2 Å². The van der Waals surface area contributed by atoms with Crippen LogP contribution < -0.4 is 9.30 Å². The van der Waals surface area contributed by atoms with Gasteiger partial charge in [0.25, 0.3) is 6.33 Å². The third-order valence-corrected chi connectivity index (χ3v) is 11.2. The molecular formula is C49H44N6OPt-2. The molecule has 4 aromatic heterocycles. The van der Waals surface area contributed by atoms with E-state index in [4.69, 9.17) is 14.7 Å². The number of ether oxygens (including phenoxy) is 1. The van der Waals surface area contributed by atoms with Gasteiger partial charge in [0.1, 0.15) is 11.3 Å². The maximum Gasteiger partial charge on any atom is 0.268 e. The summed E-state index contributed by atoms with van der Waals surface area (Å²) >= 11 is 0. The van der Waals surface area contributed by atoms with Crippen LogP contribution in [-0.4, -0.2) is 23.7 Å². The van der Waals surface area contributed by atoms with Crippen LogP contribution in [0.15, 0.2) is 109 Å². The number of para-hydroxylation sites is 4. The van der Waals surface area contributed by atoms with Crippen LogP contribution in [0.4, 0.5) is 0 Å². The molecule has 1 aliphatic heterocycles. The van der Waals surface area contributed by atoms with Gasteiger partial charge < -0.3 is 18.4 Å². The molecule has 0 radical (unpaired) electrons. The van der Waals surface area contributed by atoms with Crippen molar-refractivity contribution in [2.24, 2.45) is 0 Å². The van der Waals surface area contributed by atoms with E-state index in [0.29, 0.717) is 11.5 Å². The van der Waals surface area contributed by atoms with E-state index >= 15 is 0 Å². The quantitative estimate of drug-likeness (QED) is 0.128. The van der Waals surface area contributed by atoms with Crippen LogP contribution in [0.3, 0.4) is 0 Å². The molecule has 288 valence electrons. The van der Waals surface area contributed by atoms with Gasteiger partial charge in [-0.1, -0.05) is 108 Å². The number of nitrogens with zero attached hydrogens (tertiary/aromatic N) is 6. The van der Waals surface area contributed by atoms with E-state index in [0.717, 1.165) is 87.0 Å². The van der Waals surface area contributed by atoms with Crippen LogP contribution in [0.5, 0.6) is 11.5 Å². The molecule has 0 aliphatic carbocycles. The molecule has 10 rings (SSSR count). The summed E-state index contributed by atoms with van der Waals surface area (Å²) in [6, 6.07) is 43.1. The molecule has 7 nitrogen and oxygen atoms in total. The number of benzene rings is 5. The summed E-state index contributed by atoms with van der Waals surface area (Å²) in [4.78, 5) is 10.0. The first kappa shape index (κ1) is 37.1. The number of hydrogen-bond donors (Lipinski definition) is 0. The maximum absolute atomic E-state index is 6.63. The Kier molecular flexibility index (Phi) is 9.01. The third-order valence-electron chi connectivity index (χ3n) is 11.2. The Bertz CT molecular complexity index is 2960. The van der Waals surface area contributed by atoms with Gasteiger partial charge in [0.2, 0.25) is 0 Å². The van der Waals surface area contributed by atoms with E-state index in [1.165, 1.54) is 16.8 Å². The van der Waals surface area contributed by atoms with Crippen molar-refractivity contribution in [2.45, 2.75) is 78.2 Å². The van der Waals surface area contributed by atoms with Gasteiger partial charge in [-0.15, -0.1) is 29.7 Å². The standard InChI is InChI=1S/C49H44N6O.Pt/c1-48(2,3)37-18-14-19-38(49(4,5)6)45(37)54-31-53(41-21-9-10-22-42(41)54)32-15-13-16-33(29-32)56-34-24-25-36-35-17-7-8-20-40(35)55(43(36)30-34)47-46-39(26-27-50-47)51-44-23-11-12-28-52(44)46;/h7-10,13-22,24-27H,11-12,23,28H2,1-6H3;/q-2;. The fraction of sp³-hybridized carbons (Fsp3) is 0.245. The molecule has 8 heteroatoms. The summed E-state index contributed by atoms with van der Waals surface area (Å²) in [7, 11) is 0. The minimum absolute atomic E-state index is 0. The Hall–Kier alpha value is -5.52. The zero-order chi connectivity index (χ0) is 38.3. The van der Waals surface area contributed by atoms with Gasteiger partial charge in [-0.25, -0.2) is 9.97 Å². The van der Waals surface area contributed by atoms with E-state index < -0.39 is 0 Å². The molecule has 0 amide bonds. The van der Waals surface area contributed by atoms with E-state index in [1.54, 1.807) is 0 Å². The molecule has 0 atom stereocenters. The molecule has 0 N–H and O–H groups in total. The van der Waals surface area contributed by atoms with Crippen LogP contribution in [0.1, 0.15) is 71.3 Å². The Morgan fingerprint density at radius 1 is 0.702 bits per heavy atom. The zero-order valence-corrected chi connectivity index (χ0v) is 35.4. The van der Waals surface area contributed by atoms with Crippen LogP contribution in [-0.2, 0) is 44.9 Å². The summed E-state index contributed by atoms with van der Waals surface area (Å²) in [6.07, 6.45) is 8.91. The van der Waals surface area contributed by atoms with Gasteiger partial charge >= 0.3 is 0 Å². The van der Waals surface area contributed by atoms with Gasteiger partial charge in [0.15, 0.2) is 5.82 Å². The number of fused-ring (bicyclic) bond motifs is 7. The van der Waals surface area contributed by atoms with Gasteiger partial charge in [0, 0.05) is 57.2 Å².